The van der Waals surface area contributed by atoms with Gasteiger partial charge in [0.2, 0.25) is 0 Å². The third kappa shape index (κ3) is 7.10. The van der Waals surface area contributed by atoms with Crippen LogP contribution >= 0.6 is 27.3 Å². The molecule has 0 fully saturated rings. The van der Waals surface area contributed by atoms with Crippen LogP contribution in [0.5, 0.6) is 11.5 Å². The van der Waals surface area contributed by atoms with E-state index in [4.69, 9.17) is 9.47 Å². The summed E-state index contributed by atoms with van der Waals surface area (Å²) in [6, 6.07) is 13.7. The Morgan fingerprint density at radius 2 is 1.90 bits per heavy atom. The van der Waals surface area contributed by atoms with Crippen LogP contribution in [0.4, 0.5) is 5.00 Å². The van der Waals surface area contributed by atoms with Crippen LogP contribution in [-0.4, -0.2) is 30.6 Å². The molecule has 0 bridgehead atoms. The molecule has 39 heavy (non-hydrogen) atoms. The normalized spacial score (nSPS) is 12.3. The van der Waals surface area contributed by atoms with E-state index in [9.17, 15) is 19.6 Å². The molecule has 11 heteroatoms. The maximum absolute atomic E-state index is 12.7. The Morgan fingerprint density at radius 1 is 1.13 bits per heavy atom. The molecule has 3 aromatic rings. The molecule has 0 atom stereocenters. The largest absolute Gasteiger partial charge is 0.494 e. The summed E-state index contributed by atoms with van der Waals surface area (Å²) in [5, 5.41) is 16.3. The van der Waals surface area contributed by atoms with Gasteiger partial charge in [-0.1, -0.05) is 22.9 Å². The second-order valence-electron chi connectivity index (χ2n) is 8.62. The van der Waals surface area contributed by atoms with Crippen LogP contribution in [0.15, 0.2) is 52.0 Å². The molecule has 0 aliphatic heterocycles. The summed E-state index contributed by atoms with van der Waals surface area (Å²) in [4.78, 5) is 38.6. The highest BCUT2D eigenvalue weighted by atomic mass is 79.9. The van der Waals surface area contributed by atoms with Gasteiger partial charge in [0.05, 0.1) is 23.9 Å². The zero-order valence-corrected chi connectivity index (χ0v) is 23.5. The summed E-state index contributed by atoms with van der Waals surface area (Å²) in [5.41, 5.74) is 4.28. The maximum Gasteiger partial charge on any atom is 0.343 e. The van der Waals surface area contributed by atoms with E-state index in [1.165, 1.54) is 17.6 Å². The van der Waals surface area contributed by atoms with Gasteiger partial charge in [0.1, 0.15) is 22.6 Å². The van der Waals surface area contributed by atoms with Crippen molar-refractivity contribution < 1.29 is 23.9 Å². The van der Waals surface area contributed by atoms with E-state index in [2.05, 4.69) is 37.8 Å². The van der Waals surface area contributed by atoms with Crippen molar-refractivity contribution in [3.05, 3.63) is 74.1 Å². The molecule has 2 N–H and O–H groups in total. The predicted octanol–water partition coefficient (Wildman–Crippen LogP) is 5.36. The number of nitriles is 1. The van der Waals surface area contributed by atoms with Crippen molar-refractivity contribution in [1.29, 1.82) is 5.26 Å². The van der Waals surface area contributed by atoms with Crippen molar-refractivity contribution in [2.24, 2.45) is 5.10 Å². The summed E-state index contributed by atoms with van der Waals surface area (Å²) >= 11 is 4.69. The summed E-state index contributed by atoms with van der Waals surface area (Å²) < 4.78 is 11.8. The number of carbonyl (C=O) groups excluding carboxylic acids is 3. The van der Waals surface area contributed by atoms with Gasteiger partial charge in [0.15, 0.2) is 0 Å². The minimum atomic E-state index is -1.000. The zero-order chi connectivity index (χ0) is 27.8. The lowest BCUT2D eigenvalue weighted by molar-refractivity contribution is -0.136. The van der Waals surface area contributed by atoms with Crippen molar-refractivity contribution in [2.75, 3.05) is 11.9 Å². The Hall–Kier alpha value is -4.01. The first kappa shape index (κ1) is 28.0. The van der Waals surface area contributed by atoms with Crippen molar-refractivity contribution in [2.45, 2.75) is 39.0 Å². The Morgan fingerprint density at radius 3 is 2.64 bits per heavy atom. The molecule has 0 radical (unpaired) electrons. The Labute approximate surface area is 237 Å². The fourth-order valence-electron chi connectivity index (χ4n) is 3.92. The fraction of sp³-hybridized carbons (Fsp3) is 0.250. The molecular formula is C28H25BrN4O5S. The maximum atomic E-state index is 12.7. The number of aryl methyl sites for hydroxylation is 1. The number of halogens is 1. The molecule has 0 saturated heterocycles. The number of anilines is 1. The number of thiophene rings is 1. The van der Waals surface area contributed by atoms with Crippen molar-refractivity contribution >= 4 is 56.3 Å². The first-order valence-electron chi connectivity index (χ1n) is 12.3. The Balaban J connectivity index is 1.39. The van der Waals surface area contributed by atoms with Crippen molar-refractivity contribution in [1.82, 2.24) is 5.43 Å². The van der Waals surface area contributed by atoms with Gasteiger partial charge in [-0.2, -0.15) is 10.4 Å². The van der Waals surface area contributed by atoms with Gasteiger partial charge in [0.25, 0.3) is 0 Å². The average Bonchev–Trinajstić information content (AvgIpc) is 3.30. The first-order chi connectivity index (χ1) is 18.9. The number of fused-ring (bicyclic) bond motifs is 1. The van der Waals surface area contributed by atoms with E-state index < -0.39 is 17.8 Å². The molecule has 2 aromatic carbocycles. The predicted molar refractivity (Wildman–Crippen MR) is 151 cm³/mol. The number of hydrogen-bond acceptors (Lipinski definition) is 8. The molecular weight excluding hydrogens is 584 g/mol. The minimum Gasteiger partial charge on any atom is -0.494 e. The molecule has 2 amide bonds. The second kappa shape index (κ2) is 13.2. The van der Waals surface area contributed by atoms with Gasteiger partial charge in [-0.15, -0.1) is 11.3 Å². The summed E-state index contributed by atoms with van der Waals surface area (Å²) in [7, 11) is 0. The highest BCUT2D eigenvalue weighted by Crippen LogP contribution is 2.37. The number of amides is 2. The van der Waals surface area contributed by atoms with Crippen LogP contribution in [-0.2, 0) is 22.4 Å². The van der Waals surface area contributed by atoms with Gasteiger partial charge < -0.3 is 14.8 Å². The monoisotopic (exact) mass is 608 g/mol. The number of benzene rings is 2. The Kier molecular flexibility index (Phi) is 9.46. The molecule has 1 heterocycles. The van der Waals surface area contributed by atoms with Gasteiger partial charge >= 0.3 is 17.8 Å². The topological polar surface area (TPSA) is 130 Å². The van der Waals surface area contributed by atoms with E-state index >= 15 is 0 Å². The van der Waals surface area contributed by atoms with Gasteiger partial charge in [-0.25, -0.2) is 10.2 Å². The molecule has 4 rings (SSSR count). The summed E-state index contributed by atoms with van der Waals surface area (Å²) in [5.74, 6) is -1.65. The van der Waals surface area contributed by atoms with E-state index in [1.807, 2.05) is 6.92 Å². The molecule has 1 aliphatic rings. The van der Waals surface area contributed by atoms with Crippen LogP contribution in [0.3, 0.4) is 0 Å². The number of hydrogen-bond donors (Lipinski definition) is 2. The average molecular weight is 610 g/mol. The molecule has 1 aromatic heterocycles. The zero-order valence-electron chi connectivity index (χ0n) is 21.1. The molecule has 0 saturated carbocycles. The number of hydrazone groups is 1. The lowest BCUT2D eigenvalue weighted by atomic mass is 9.96. The van der Waals surface area contributed by atoms with E-state index in [0.717, 1.165) is 42.5 Å². The number of nitrogens with one attached hydrogen (secondary N) is 2. The molecule has 0 spiro atoms. The van der Waals surface area contributed by atoms with Crippen molar-refractivity contribution in [3.8, 4) is 17.6 Å². The molecule has 1 aliphatic carbocycles. The van der Waals surface area contributed by atoms with Crippen LogP contribution in [0.1, 0.15) is 58.1 Å². The van der Waals surface area contributed by atoms with E-state index in [0.29, 0.717) is 38.5 Å². The highest BCUT2D eigenvalue weighted by molar-refractivity contribution is 9.10. The lowest BCUT2D eigenvalue weighted by Gasteiger charge is -2.09. The van der Waals surface area contributed by atoms with Crippen molar-refractivity contribution in [3.63, 3.8) is 0 Å². The van der Waals surface area contributed by atoms with E-state index in [-0.39, 0.29) is 5.75 Å². The third-order valence-electron chi connectivity index (χ3n) is 5.82. The van der Waals surface area contributed by atoms with Gasteiger partial charge in [-0.05, 0) is 80.1 Å². The van der Waals surface area contributed by atoms with Gasteiger partial charge in [-0.3, -0.25) is 9.59 Å². The van der Waals surface area contributed by atoms with Crippen LogP contribution < -0.4 is 20.2 Å². The van der Waals surface area contributed by atoms with Crippen LogP contribution in [0.2, 0.25) is 0 Å². The highest BCUT2D eigenvalue weighted by Gasteiger charge is 2.23. The number of esters is 1. The lowest BCUT2D eigenvalue weighted by Crippen LogP contribution is -2.32. The minimum absolute atomic E-state index is 0.208. The molecule has 9 nitrogen and oxygen atoms in total. The number of rotatable bonds is 8. The SMILES string of the molecule is CCCOc1ccc(C(=O)Oc2ccc(Br)cc2/C=N\NC(=O)C(=O)Nc2sc3c(c2C#N)CCCC3)cc1. The fourth-order valence-corrected chi connectivity index (χ4v) is 5.54. The number of carbonyl (C=O) groups is 3. The third-order valence-corrected chi connectivity index (χ3v) is 7.52. The van der Waals surface area contributed by atoms with Gasteiger partial charge in [0, 0.05) is 14.9 Å². The van der Waals surface area contributed by atoms with Crippen LogP contribution in [0, 0.1) is 11.3 Å². The van der Waals surface area contributed by atoms with E-state index in [1.54, 1.807) is 42.5 Å². The summed E-state index contributed by atoms with van der Waals surface area (Å²) in [6.45, 7) is 2.59. The Bertz CT molecular complexity index is 1460. The standard InChI is InChI=1S/C28H25BrN4O5S/c1-2-13-37-20-10-7-17(8-11-20)28(36)38-23-12-9-19(29)14-18(23)16-31-33-26(35)25(34)32-27-22(15-30)21-5-3-4-6-24(21)39-27/h7-12,14,16H,2-6,13H2,1H3,(H,32,34)(H,33,35)/b31-16-. The first-order valence-corrected chi connectivity index (χ1v) is 13.9. The second-order valence-corrected chi connectivity index (χ2v) is 10.6. The summed E-state index contributed by atoms with van der Waals surface area (Å²) in [6.07, 6.45) is 5.83. The molecule has 0 unspecified atom stereocenters. The smallest absolute Gasteiger partial charge is 0.343 e. The quantitative estimate of drug-likeness (QED) is 0.116. The molecule has 200 valence electrons. The number of nitrogens with zero attached hydrogens (tertiary/aromatic N) is 2. The van der Waals surface area contributed by atoms with Crippen LogP contribution in [0.25, 0.3) is 0 Å². The number of ether oxygens (including phenoxy) is 2.